The average molecular weight is 237 g/mol. The van der Waals surface area contributed by atoms with E-state index in [1.165, 1.54) is 6.42 Å². The molecule has 1 saturated heterocycles. The second-order valence-corrected chi connectivity index (χ2v) is 5.19. The van der Waals surface area contributed by atoms with Crippen LogP contribution in [0.1, 0.15) is 31.7 Å². The van der Waals surface area contributed by atoms with Crippen LogP contribution in [0.2, 0.25) is 0 Å². The lowest BCUT2D eigenvalue weighted by molar-refractivity contribution is 0.0729. The zero-order valence-corrected chi connectivity index (χ0v) is 11.2. The van der Waals surface area contributed by atoms with E-state index in [0.29, 0.717) is 18.0 Å². The van der Waals surface area contributed by atoms with E-state index >= 15 is 0 Å². The number of aryl methyl sites for hydroxylation is 1. The lowest BCUT2D eigenvalue weighted by Gasteiger charge is -2.42. The Morgan fingerprint density at radius 2 is 2.29 bits per heavy atom. The average Bonchev–Trinajstić information content (AvgIpc) is 2.71. The highest BCUT2D eigenvalue weighted by atomic mass is 16.5. The van der Waals surface area contributed by atoms with Gasteiger partial charge in [-0.25, -0.2) is 0 Å². The smallest absolute Gasteiger partial charge is 0.150 e. The first kappa shape index (κ1) is 12.6. The summed E-state index contributed by atoms with van der Waals surface area (Å²) in [5.41, 5.74) is 0.964. The zero-order chi connectivity index (χ0) is 12.4. The fourth-order valence-electron chi connectivity index (χ4n) is 2.76. The van der Waals surface area contributed by atoms with Crippen LogP contribution >= 0.6 is 0 Å². The van der Waals surface area contributed by atoms with Crippen LogP contribution in [0.5, 0.6) is 0 Å². The van der Waals surface area contributed by atoms with Gasteiger partial charge in [-0.05, 0) is 33.2 Å². The van der Waals surface area contributed by atoms with Gasteiger partial charge in [-0.1, -0.05) is 12.1 Å². The van der Waals surface area contributed by atoms with Crippen molar-refractivity contribution in [2.75, 3.05) is 13.6 Å². The molecule has 1 fully saturated rings. The van der Waals surface area contributed by atoms with Gasteiger partial charge in [0.1, 0.15) is 0 Å². The highest BCUT2D eigenvalue weighted by Crippen LogP contribution is 2.25. The zero-order valence-electron chi connectivity index (χ0n) is 11.2. The summed E-state index contributed by atoms with van der Waals surface area (Å²) in [4.78, 5) is 2.48. The molecule has 3 atom stereocenters. The molecule has 17 heavy (non-hydrogen) atoms. The third-order valence-electron chi connectivity index (χ3n) is 4.11. The Kier molecular flexibility index (Phi) is 3.84. The third kappa shape index (κ3) is 2.69. The molecule has 4 heteroatoms. The van der Waals surface area contributed by atoms with Gasteiger partial charge in [0.25, 0.3) is 0 Å². The highest BCUT2D eigenvalue weighted by molar-refractivity contribution is 5.03. The minimum Gasteiger partial charge on any atom is -0.360 e. The van der Waals surface area contributed by atoms with Crippen molar-refractivity contribution in [3.8, 4) is 0 Å². The van der Waals surface area contributed by atoms with Crippen LogP contribution in [0.4, 0.5) is 0 Å². The first-order valence-electron chi connectivity index (χ1n) is 6.45. The molecule has 1 aromatic heterocycles. The second kappa shape index (κ2) is 5.19. The maximum absolute atomic E-state index is 5.30. The molecular weight excluding hydrogens is 214 g/mol. The quantitative estimate of drug-likeness (QED) is 0.870. The Labute approximate surface area is 103 Å². The van der Waals surface area contributed by atoms with Gasteiger partial charge < -0.3 is 9.84 Å². The van der Waals surface area contributed by atoms with Crippen molar-refractivity contribution in [1.82, 2.24) is 15.4 Å². The van der Waals surface area contributed by atoms with Gasteiger partial charge in [-0.3, -0.25) is 4.90 Å². The van der Waals surface area contributed by atoms with E-state index in [2.05, 4.69) is 36.3 Å². The van der Waals surface area contributed by atoms with Crippen LogP contribution in [0.15, 0.2) is 10.6 Å². The molecule has 2 heterocycles. The summed E-state index contributed by atoms with van der Waals surface area (Å²) in [7, 11) is 2.06. The minimum atomic E-state index is 0.576. The summed E-state index contributed by atoms with van der Waals surface area (Å²) in [6.07, 6.45) is 1.20. The molecule has 1 aromatic rings. The monoisotopic (exact) mass is 237 g/mol. The number of rotatable bonds is 3. The normalized spacial score (nSPS) is 30.7. The SMILES string of the molecule is CNC1CCN(Cc2cc(C)no2)C(C)C1C. The summed E-state index contributed by atoms with van der Waals surface area (Å²) in [5, 5.41) is 7.35. The maximum Gasteiger partial charge on any atom is 0.150 e. The number of piperidine rings is 1. The summed E-state index contributed by atoms with van der Waals surface area (Å²) in [6, 6.07) is 3.24. The molecule has 96 valence electrons. The summed E-state index contributed by atoms with van der Waals surface area (Å²) in [5.74, 6) is 1.64. The molecule has 1 aliphatic heterocycles. The first-order chi connectivity index (χ1) is 8.11. The molecule has 4 nitrogen and oxygen atoms in total. The Hall–Kier alpha value is -0.870. The lowest BCUT2D eigenvalue weighted by Crippen LogP contribution is -2.52. The van der Waals surface area contributed by atoms with E-state index in [9.17, 15) is 0 Å². The van der Waals surface area contributed by atoms with Crippen LogP contribution < -0.4 is 5.32 Å². The van der Waals surface area contributed by atoms with Gasteiger partial charge in [0.15, 0.2) is 5.76 Å². The summed E-state index contributed by atoms with van der Waals surface area (Å²) in [6.45, 7) is 8.59. The molecule has 0 spiro atoms. The van der Waals surface area contributed by atoms with Crippen LogP contribution in [0, 0.1) is 12.8 Å². The molecule has 0 saturated carbocycles. The van der Waals surface area contributed by atoms with Gasteiger partial charge in [-0.2, -0.15) is 0 Å². The van der Waals surface area contributed by atoms with Gasteiger partial charge in [0.2, 0.25) is 0 Å². The number of hydrogen-bond donors (Lipinski definition) is 1. The largest absolute Gasteiger partial charge is 0.360 e. The first-order valence-corrected chi connectivity index (χ1v) is 6.45. The molecule has 3 unspecified atom stereocenters. The van der Waals surface area contributed by atoms with E-state index in [0.717, 1.165) is 24.5 Å². The standard InChI is InChI=1S/C13H23N3O/c1-9-7-12(17-15-9)8-16-6-5-13(14-4)10(2)11(16)3/h7,10-11,13-14H,5-6,8H2,1-4H3. The number of aromatic nitrogens is 1. The van der Waals surface area contributed by atoms with E-state index in [1.807, 2.05) is 13.0 Å². The molecule has 2 rings (SSSR count). The predicted molar refractivity (Wildman–Crippen MR) is 67.7 cm³/mol. The van der Waals surface area contributed by atoms with Crippen LogP contribution in [-0.4, -0.2) is 35.7 Å². The summed E-state index contributed by atoms with van der Waals surface area (Å²) >= 11 is 0. The number of hydrogen-bond acceptors (Lipinski definition) is 4. The fourth-order valence-corrected chi connectivity index (χ4v) is 2.76. The fraction of sp³-hybridized carbons (Fsp3) is 0.769. The van der Waals surface area contributed by atoms with Gasteiger partial charge in [-0.15, -0.1) is 0 Å². The third-order valence-corrected chi connectivity index (χ3v) is 4.11. The van der Waals surface area contributed by atoms with Crippen molar-refractivity contribution in [2.24, 2.45) is 5.92 Å². The molecular formula is C13H23N3O. The minimum absolute atomic E-state index is 0.576. The van der Waals surface area contributed by atoms with Gasteiger partial charge in [0.05, 0.1) is 12.2 Å². The van der Waals surface area contributed by atoms with Crippen molar-refractivity contribution in [2.45, 2.75) is 45.8 Å². The van der Waals surface area contributed by atoms with E-state index in [-0.39, 0.29) is 0 Å². The van der Waals surface area contributed by atoms with Gasteiger partial charge in [0, 0.05) is 24.7 Å². The Morgan fingerprint density at radius 3 is 2.88 bits per heavy atom. The molecule has 1 N–H and O–H groups in total. The van der Waals surface area contributed by atoms with Crippen molar-refractivity contribution >= 4 is 0 Å². The van der Waals surface area contributed by atoms with E-state index in [1.54, 1.807) is 0 Å². The second-order valence-electron chi connectivity index (χ2n) is 5.19. The number of nitrogens with zero attached hydrogens (tertiary/aromatic N) is 2. The Balaban J connectivity index is 1.98. The number of likely N-dealkylation sites (tertiary alicyclic amines) is 1. The highest BCUT2D eigenvalue weighted by Gasteiger charge is 2.31. The Morgan fingerprint density at radius 1 is 1.53 bits per heavy atom. The van der Waals surface area contributed by atoms with Crippen LogP contribution in [-0.2, 0) is 6.54 Å². The van der Waals surface area contributed by atoms with Gasteiger partial charge >= 0.3 is 0 Å². The Bertz CT molecular complexity index is 363. The topological polar surface area (TPSA) is 41.3 Å². The number of nitrogens with one attached hydrogen (secondary N) is 1. The lowest BCUT2D eigenvalue weighted by atomic mass is 9.87. The molecule has 0 bridgehead atoms. The predicted octanol–water partition coefficient (Wildman–Crippen LogP) is 1.80. The van der Waals surface area contributed by atoms with E-state index < -0.39 is 0 Å². The van der Waals surface area contributed by atoms with Crippen molar-refractivity contribution in [3.63, 3.8) is 0 Å². The molecule has 1 aliphatic rings. The summed E-state index contributed by atoms with van der Waals surface area (Å²) < 4.78 is 5.30. The van der Waals surface area contributed by atoms with Crippen molar-refractivity contribution in [3.05, 3.63) is 17.5 Å². The molecule has 0 radical (unpaired) electrons. The van der Waals surface area contributed by atoms with Crippen LogP contribution in [0.3, 0.4) is 0 Å². The van der Waals surface area contributed by atoms with E-state index in [4.69, 9.17) is 4.52 Å². The molecule has 0 amide bonds. The van der Waals surface area contributed by atoms with Crippen molar-refractivity contribution < 1.29 is 4.52 Å². The van der Waals surface area contributed by atoms with Crippen molar-refractivity contribution in [1.29, 1.82) is 0 Å². The van der Waals surface area contributed by atoms with Crippen LogP contribution in [0.25, 0.3) is 0 Å². The molecule has 0 aliphatic carbocycles. The molecule has 0 aromatic carbocycles. The maximum atomic E-state index is 5.30.